The second-order valence-corrected chi connectivity index (χ2v) is 4.24. The standard InChI is InChI=1S/C7H10BrFN4/c1-13-5(6(8)11-12-13)7(9)2-4(10)3-7/h4H,2-3,10H2,1H3. The van der Waals surface area contributed by atoms with Crippen LogP contribution in [0.15, 0.2) is 4.60 Å². The molecule has 1 fully saturated rings. The highest BCUT2D eigenvalue weighted by molar-refractivity contribution is 9.10. The third-order valence-corrected chi connectivity index (χ3v) is 2.92. The Morgan fingerprint density at radius 3 is 2.69 bits per heavy atom. The van der Waals surface area contributed by atoms with Crippen molar-refractivity contribution < 1.29 is 4.39 Å². The van der Waals surface area contributed by atoms with Gasteiger partial charge in [-0.05, 0) is 15.9 Å². The van der Waals surface area contributed by atoms with E-state index in [1.54, 1.807) is 7.05 Å². The third-order valence-electron chi connectivity index (χ3n) is 2.38. The summed E-state index contributed by atoms with van der Waals surface area (Å²) in [5.41, 5.74) is 4.71. The van der Waals surface area contributed by atoms with Gasteiger partial charge in [0.2, 0.25) is 0 Å². The maximum atomic E-state index is 14.0. The van der Waals surface area contributed by atoms with Gasteiger partial charge < -0.3 is 5.73 Å². The lowest BCUT2D eigenvalue weighted by molar-refractivity contribution is 0.0313. The number of rotatable bonds is 1. The van der Waals surface area contributed by atoms with Gasteiger partial charge in [0.15, 0.2) is 10.3 Å². The Kier molecular flexibility index (Phi) is 1.92. The predicted octanol–water partition coefficient (Wildman–Crippen LogP) is 0.863. The van der Waals surface area contributed by atoms with Gasteiger partial charge in [0.05, 0.1) is 0 Å². The molecule has 13 heavy (non-hydrogen) atoms. The fourth-order valence-electron chi connectivity index (χ4n) is 1.77. The first-order valence-electron chi connectivity index (χ1n) is 4.03. The van der Waals surface area contributed by atoms with E-state index in [-0.39, 0.29) is 6.04 Å². The van der Waals surface area contributed by atoms with Crippen molar-refractivity contribution >= 4 is 15.9 Å². The molecule has 0 spiro atoms. The normalized spacial score (nSPS) is 33.1. The highest BCUT2D eigenvalue weighted by Crippen LogP contribution is 2.45. The van der Waals surface area contributed by atoms with Crippen LogP contribution in [-0.4, -0.2) is 21.0 Å². The van der Waals surface area contributed by atoms with E-state index in [0.717, 1.165) is 0 Å². The van der Waals surface area contributed by atoms with Gasteiger partial charge in [-0.25, -0.2) is 9.07 Å². The van der Waals surface area contributed by atoms with Crippen LogP contribution in [0.5, 0.6) is 0 Å². The van der Waals surface area contributed by atoms with Crippen molar-refractivity contribution in [1.82, 2.24) is 15.0 Å². The Labute approximate surface area is 83.4 Å². The summed E-state index contributed by atoms with van der Waals surface area (Å²) in [6, 6.07) is -0.0354. The Bertz CT molecular complexity index is 312. The van der Waals surface area contributed by atoms with Gasteiger partial charge in [-0.2, -0.15) is 0 Å². The van der Waals surface area contributed by atoms with Crippen molar-refractivity contribution in [1.29, 1.82) is 0 Å². The number of aromatic nitrogens is 3. The van der Waals surface area contributed by atoms with Crippen LogP contribution >= 0.6 is 15.9 Å². The molecule has 0 radical (unpaired) electrons. The largest absolute Gasteiger partial charge is 0.327 e. The van der Waals surface area contributed by atoms with Crippen molar-refractivity contribution in [3.05, 3.63) is 10.3 Å². The molecule has 1 aliphatic rings. The zero-order chi connectivity index (χ0) is 9.64. The molecule has 0 unspecified atom stereocenters. The number of halogens is 2. The van der Waals surface area contributed by atoms with E-state index in [1.807, 2.05) is 0 Å². The SMILES string of the molecule is Cn1nnc(Br)c1C1(F)CC(N)C1. The lowest BCUT2D eigenvalue weighted by Gasteiger charge is -2.38. The van der Waals surface area contributed by atoms with Crippen LogP contribution in [-0.2, 0) is 12.7 Å². The van der Waals surface area contributed by atoms with E-state index >= 15 is 0 Å². The fraction of sp³-hybridized carbons (Fsp3) is 0.714. The monoisotopic (exact) mass is 248 g/mol. The smallest absolute Gasteiger partial charge is 0.158 e. The molecule has 0 aromatic carbocycles. The molecule has 2 rings (SSSR count). The van der Waals surface area contributed by atoms with Crippen LogP contribution in [0.25, 0.3) is 0 Å². The van der Waals surface area contributed by atoms with Gasteiger partial charge in [-0.3, -0.25) is 0 Å². The van der Waals surface area contributed by atoms with E-state index in [1.165, 1.54) is 4.68 Å². The molecule has 6 heteroatoms. The Balaban J connectivity index is 2.35. The number of aryl methyl sites for hydroxylation is 1. The van der Waals surface area contributed by atoms with Crippen molar-refractivity contribution in [3.8, 4) is 0 Å². The molecule has 2 N–H and O–H groups in total. The van der Waals surface area contributed by atoms with E-state index in [9.17, 15) is 4.39 Å². The van der Waals surface area contributed by atoms with Crippen LogP contribution in [0.1, 0.15) is 18.5 Å². The second-order valence-electron chi connectivity index (χ2n) is 3.49. The lowest BCUT2D eigenvalue weighted by atomic mass is 9.76. The van der Waals surface area contributed by atoms with Crippen LogP contribution in [0, 0.1) is 0 Å². The molecule has 1 aliphatic carbocycles. The molecular formula is C7H10BrFN4. The summed E-state index contributed by atoms with van der Waals surface area (Å²) >= 11 is 3.17. The number of nitrogens with two attached hydrogens (primary N) is 1. The number of hydrogen-bond donors (Lipinski definition) is 1. The Morgan fingerprint density at radius 2 is 2.31 bits per heavy atom. The predicted molar refractivity (Wildman–Crippen MR) is 48.7 cm³/mol. The zero-order valence-corrected chi connectivity index (χ0v) is 8.75. The van der Waals surface area contributed by atoms with Gasteiger partial charge in [0, 0.05) is 25.9 Å². The first-order chi connectivity index (χ1) is 6.03. The summed E-state index contributed by atoms with van der Waals surface area (Å²) < 4.78 is 16.0. The lowest BCUT2D eigenvalue weighted by Crippen LogP contribution is -2.47. The molecule has 4 nitrogen and oxygen atoms in total. The summed E-state index contributed by atoms with van der Waals surface area (Å²) in [6.45, 7) is 0. The molecule has 1 saturated carbocycles. The van der Waals surface area contributed by atoms with Crippen molar-refractivity contribution in [3.63, 3.8) is 0 Å². The first kappa shape index (κ1) is 9.08. The summed E-state index contributed by atoms with van der Waals surface area (Å²) in [5, 5.41) is 7.47. The molecular weight excluding hydrogens is 239 g/mol. The minimum absolute atomic E-state index is 0.0354. The Hall–Kier alpha value is -0.490. The summed E-state index contributed by atoms with van der Waals surface area (Å²) in [4.78, 5) is 0. The average Bonchev–Trinajstić information content (AvgIpc) is 2.28. The molecule has 0 atom stereocenters. The summed E-state index contributed by atoms with van der Waals surface area (Å²) in [6.07, 6.45) is 0.708. The third kappa shape index (κ3) is 1.28. The average molecular weight is 249 g/mol. The number of hydrogen-bond acceptors (Lipinski definition) is 3. The van der Waals surface area contributed by atoms with Gasteiger partial charge in [-0.15, -0.1) is 5.10 Å². The van der Waals surface area contributed by atoms with Gasteiger partial charge in [0.1, 0.15) is 5.69 Å². The van der Waals surface area contributed by atoms with Crippen molar-refractivity contribution in [2.24, 2.45) is 12.8 Å². The highest BCUT2D eigenvalue weighted by atomic mass is 79.9. The highest BCUT2D eigenvalue weighted by Gasteiger charge is 2.48. The van der Waals surface area contributed by atoms with Crippen LogP contribution in [0.4, 0.5) is 4.39 Å². The molecule has 1 aromatic rings. The van der Waals surface area contributed by atoms with Crippen LogP contribution in [0.3, 0.4) is 0 Å². The van der Waals surface area contributed by atoms with E-state index in [2.05, 4.69) is 26.2 Å². The number of nitrogens with zero attached hydrogens (tertiary/aromatic N) is 3. The molecule has 72 valence electrons. The molecule has 1 aromatic heterocycles. The zero-order valence-electron chi connectivity index (χ0n) is 7.17. The minimum atomic E-state index is -1.34. The minimum Gasteiger partial charge on any atom is -0.327 e. The molecule has 1 heterocycles. The molecule has 0 aliphatic heterocycles. The van der Waals surface area contributed by atoms with Crippen LogP contribution in [0.2, 0.25) is 0 Å². The van der Waals surface area contributed by atoms with Crippen LogP contribution < -0.4 is 5.73 Å². The van der Waals surface area contributed by atoms with Gasteiger partial charge in [-0.1, -0.05) is 5.21 Å². The van der Waals surface area contributed by atoms with E-state index < -0.39 is 5.67 Å². The summed E-state index contributed by atoms with van der Waals surface area (Å²) in [5.74, 6) is 0. The topological polar surface area (TPSA) is 56.7 Å². The van der Waals surface area contributed by atoms with Crippen molar-refractivity contribution in [2.45, 2.75) is 24.6 Å². The van der Waals surface area contributed by atoms with E-state index in [4.69, 9.17) is 5.73 Å². The Morgan fingerprint density at radius 1 is 1.69 bits per heavy atom. The maximum absolute atomic E-state index is 14.0. The van der Waals surface area contributed by atoms with Crippen molar-refractivity contribution in [2.75, 3.05) is 0 Å². The van der Waals surface area contributed by atoms with Gasteiger partial charge in [0.25, 0.3) is 0 Å². The molecule has 0 amide bonds. The molecule has 0 saturated heterocycles. The quantitative estimate of drug-likeness (QED) is 0.803. The maximum Gasteiger partial charge on any atom is 0.158 e. The second kappa shape index (κ2) is 2.75. The first-order valence-corrected chi connectivity index (χ1v) is 4.82. The van der Waals surface area contributed by atoms with Gasteiger partial charge >= 0.3 is 0 Å². The fourth-order valence-corrected chi connectivity index (χ4v) is 2.45. The molecule has 0 bridgehead atoms. The van der Waals surface area contributed by atoms with E-state index in [0.29, 0.717) is 23.1 Å². The number of alkyl halides is 1. The summed E-state index contributed by atoms with van der Waals surface area (Å²) in [7, 11) is 1.68.